The highest BCUT2D eigenvalue weighted by Gasteiger charge is 2.22. The second-order valence-electron chi connectivity index (χ2n) is 6.00. The third-order valence-corrected chi connectivity index (χ3v) is 4.13. The van der Waals surface area contributed by atoms with Crippen molar-refractivity contribution in [2.24, 2.45) is 5.41 Å². The molecule has 0 spiro atoms. The molecule has 19 heavy (non-hydrogen) atoms. The van der Waals surface area contributed by atoms with E-state index in [9.17, 15) is 4.79 Å². The van der Waals surface area contributed by atoms with Gasteiger partial charge in [0, 0.05) is 28.8 Å². The topological polar surface area (TPSA) is 20.3 Å². The van der Waals surface area contributed by atoms with Crippen molar-refractivity contribution in [2.75, 3.05) is 18.0 Å². The minimum Gasteiger partial charge on any atom is -0.367 e. The molecule has 1 aliphatic heterocycles. The van der Waals surface area contributed by atoms with Gasteiger partial charge in [0.1, 0.15) is 0 Å². The maximum atomic E-state index is 11.1. The molecule has 1 aromatic carbocycles. The first-order valence-corrected chi connectivity index (χ1v) is 7.40. The lowest BCUT2D eigenvalue weighted by atomic mass is 9.83. The number of carbonyl (C=O) groups is 1. The van der Waals surface area contributed by atoms with Crippen LogP contribution in [0.3, 0.4) is 0 Å². The predicted molar refractivity (Wildman–Crippen MR) is 83.9 cm³/mol. The number of benzene rings is 1. The molecule has 0 radical (unpaired) electrons. The van der Waals surface area contributed by atoms with Crippen LogP contribution < -0.4 is 4.90 Å². The Morgan fingerprint density at radius 2 is 2.05 bits per heavy atom. The molecule has 1 heterocycles. The first kappa shape index (κ1) is 14.3. The highest BCUT2D eigenvalue weighted by atomic mass is 79.9. The number of carbonyl (C=O) groups excluding carboxylic acids is 1. The largest absolute Gasteiger partial charge is 0.367 e. The monoisotopic (exact) mass is 321 g/mol. The van der Waals surface area contributed by atoms with Crippen LogP contribution in [0, 0.1) is 5.41 Å². The fourth-order valence-corrected chi connectivity index (χ4v) is 2.81. The summed E-state index contributed by atoms with van der Waals surface area (Å²) in [5.74, 6) is 0. The summed E-state index contributed by atoms with van der Waals surface area (Å²) in [6, 6.07) is 5.81. The molecule has 0 bridgehead atoms. The Bertz CT molecular complexity index is 514. The molecule has 0 aliphatic carbocycles. The van der Waals surface area contributed by atoms with Crippen LogP contribution in [0.1, 0.15) is 37.6 Å². The van der Waals surface area contributed by atoms with Crippen molar-refractivity contribution in [1.29, 1.82) is 0 Å². The fourth-order valence-electron chi connectivity index (χ4n) is 2.46. The second-order valence-corrected chi connectivity index (χ2v) is 6.91. The molecule has 3 heteroatoms. The van der Waals surface area contributed by atoms with Crippen LogP contribution in [0.5, 0.6) is 0 Å². The van der Waals surface area contributed by atoms with Crippen molar-refractivity contribution in [3.63, 3.8) is 0 Å². The Hall–Kier alpha value is -1.09. The number of hydrogen-bond donors (Lipinski definition) is 0. The van der Waals surface area contributed by atoms with Crippen LogP contribution >= 0.6 is 15.9 Å². The summed E-state index contributed by atoms with van der Waals surface area (Å²) in [6.07, 6.45) is 4.30. The van der Waals surface area contributed by atoms with Crippen LogP contribution in [0.15, 0.2) is 34.3 Å². The van der Waals surface area contributed by atoms with Gasteiger partial charge in [0.05, 0.1) is 0 Å². The summed E-state index contributed by atoms with van der Waals surface area (Å²) in [5.41, 5.74) is 3.53. The number of hydrogen-bond acceptors (Lipinski definition) is 2. The van der Waals surface area contributed by atoms with Gasteiger partial charge in [0.2, 0.25) is 0 Å². The third-order valence-electron chi connectivity index (χ3n) is 3.63. The molecule has 0 amide bonds. The first-order valence-electron chi connectivity index (χ1n) is 6.61. The van der Waals surface area contributed by atoms with Crippen molar-refractivity contribution in [2.45, 2.75) is 27.2 Å². The van der Waals surface area contributed by atoms with E-state index in [1.807, 2.05) is 18.2 Å². The summed E-state index contributed by atoms with van der Waals surface area (Å²) >= 11 is 3.48. The fraction of sp³-hybridized carbons (Fsp3) is 0.438. The molecule has 2 rings (SSSR count). The van der Waals surface area contributed by atoms with Gasteiger partial charge in [-0.3, -0.25) is 4.79 Å². The number of nitrogens with zero attached hydrogens (tertiary/aromatic N) is 1. The maximum absolute atomic E-state index is 11.1. The van der Waals surface area contributed by atoms with Crippen molar-refractivity contribution in [3.8, 4) is 0 Å². The molecule has 0 N–H and O–H groups in total. The predicted octanol–water partition coefficient (Wildman–Crippen LogP) is 4.44. The summed E-state index contributed by atoms with van der Waals surface area (Å²) in [6.45, 7) is 8.61. The van der Waals surface area contributed by atoms with Crippen LogP contribution in [-0.2, 0) is 0 Å². The number of rotatable bonds is 2. The van der Waals surface area contributed by atoms with Gasteiger partial charge in [0.15, 0.2) is 6.29 Å². The molecule has 0 aromatic heterocycles. The lowest BCUT2D eigenvalue weighted by molar-refractivity contribution is 0.112. The van der Waals surface area contributed by atoms with E-state index in [-0.39, 0.29) is 5.41 Å². The molecule has 2 nitrogen and oxygen atoms in total. The van der Waals surface area contributed by atoms with E-state index in [0.29, 0.717) is 0 Å². The number of aldehydes is 1. The Morgan fingerprint density at radius 1 is 1.32 bits per heavy atom. The van der Waals surface area contributed by atoms with E-state index in [4.69, 9.17) is 0 Å². The molecule has 0 unspecified atom stereocenters. The number of halogens is 1. The Kier molecular flexibility index (Phi) is 4.14. The van der Waals surface area contributed by atoms with Crippen LogP contribution in [-0.4, -0.2) is 19.4 Å². The van der Waals surface area contributed by atoms with Gasteiger partial charge in [0.25, 0.3) is 0 Å². The summed E-state index contributed by atoms with van der Waals surface area (Å²) < 4.78 is 1.01. The van der Waals surface area contributed by atoms with E-state index < -0.39 is 0 Å². The molecule has 0 fully saturated rings. The van der Waals surface area contributed by atoms with Gasteiger partial charge in [-0.15, -0.1) is 0 Å². The summed E-state index contributed by atoms with van der Waals surface area (Å²) in [5, 5.41) is 0. The van der Waals surface area contributed by atoms with E-state index in [0.717, 1.165) is 41.5 Å². The van der Waals surface area contributed by atoms with Gasteiger partial charge in [-0.25, -0.2) is 0 Å². The minimum absolute atomic E-state index is 0.247. The Balaban J connectivity index is 2.25. The molecule has 102 valence electrons. The molecule has 1 aromatic rings. The van der Waals surface area contributed by atoms with Crippen molar-refractivity contribution < 1.29 is 4.79 Å². The highest BCUT2D eigenvalue weighted by Crippen LogP contribution is 2.33. The molecule has 0 saturated carbocycles. The zero-order chi connectivity index (χ0) is 14.0. The molecule has 1 aliphatic rings. The van der Waals surface area contributed by atoms with Gasteiger partial charge in [-0.05, 0) is 30.0 Å². The Labute approximate surface area is 123 Å². The van der Waals surface area contributed by atoms with Crippen molar-refractivity contribution >= 4 is 27.9 Å². The zero-order valence-corrected chi connectivity index (χ0v) is 13.3. The lowest BCUT2D eigenvalue weighted by Crippen LogP contribution is -2.31. The highest BCUT2D eigenvalue weighted by molar-refractivity contribution is 9.10. The molecule has 0 atom stereocenters. The van der Waals surface area contributed by atoms with E-state index in [2.05, 4.69) is 47.7 Å². The molecular formula is C16H20BrNO. The Morgan fingerprint density at radius 3 is 2.58 bits per heavy atom. The second kappa shape index (κ2) is 5.49. The average Bonchev–Trinajstić information content (AvgIpc) is 2.38. The maximum Gasteiger partial charge on any atom is 0.152 e. The normalized spacial score (nSPS) is 16.2. The zero-order valence-electron chi connectivity index (χ0n) is 11.7. The molecule has 0 saturated heterocycles. The van der Waals surface area contributed by atoms with Crippen LogP contribution in [0.25, 0.3) is 0 Å². The van der Waals surface area contributed by atoms with Gasteiger partial charge >= 0.3 is 0 Å². The van der Waals surface area contributed by atoms with Crippen LogP contribution in [0.4, 0.5) is 5.69 Å². The first-order chi connectivity index (χ1) is 8.91. The summed E-state index contributed by atoms with van der Waals surface area (Å²) in [7, 11) is 0. The lowest BCUT2D eigenvalue weighted by Gasteiger charge is -2.34. The molecular weight excluding hydrogens is 302 g/mol. The van der Waals surface area contributed by atoms with Crippen LogP contribution in [0.2, 0.25) is 0 Å². The van der Waals surface area contributed by atoms with Gasteiger partial charge < -0.3 is 4.90 Å². The standard InChI is InChI=1S/C16H20BrNO/c1-16(2,3)13-6-8-18(9-7-13)15-10-14(17)5-4-12(15)11-19/h4-6,10-11H,7-9H2,1-3H3. The van der Waals surface area contributed by atoms with Crippen molar-refractivity contribution in [1.82, 2.24) is 0 Å². The smallest absolute Gasteiger partial charge is 0.152 e. The minimum atomic E-state index is 0.247. The number of anilines is 1. The SMILES string of the molecule is CC(C)(C)C1=CCN(c2cc(Br)ccc2C=O)CC1. The van der Waals surface area contributed by atoms with Crippen molar-refractivity contribution in [3.05, 3.63) is 39.9 Å². The van der Waals surface area contributed by atoms with Gasteiger partial charge in [-0.2, -0.15) is 0 Å². The van der Waals surface area contributed by atoms with E-state index in [1.165, 1.54) is 5.57 Å². The van der Waals surface area contributed by atoms with E-state index >= 15 is 0 Å². The quantitative estimate of drug-likeness (QED) is 0.592. The summed E-state index contributed by atoms with van der Waals surface area (Å²) in [4.78, 5) is 13.4. The van der Waals surface area contributed by atoms with Gasteiger partial charge in [-0.1, -0.05) is 48.4 Å². The third kappa shape index (κ3) is 3.27. The van der Waals surface area contributed by atoms with E-state index in [1.54, 1.807) is 0 Å². The average molecular weight is 322 g/mol.